The lowest BCUT2D eigenvalue weighted by molar-refractivity contribution is -0.124. The molecule has 1 aromatic carbocycles. The van der Waals surface area contributed by atoms with E-state index in [0.29, 0.717) is 0 Å². The van der Waals surface area contributed by atoms with Gasteiger partial charge in [-0.25, -0.2) is 0 Å². The molecule has 0 spiro atoms. The zero-order chi connectivity index (χ0) is 12.8. The highest BCUT2D eigenvalue weighted by molar-refractivity contribution is 5.81. The molecule has 0 aromatic heterocycles. The Bertz CT molecular complexity index is 375. The quantitative estimate of drug-likeness (QED) is 0.744. The standard InChI is InChI=1S/C14H20N2O2/c17-13(11-6-2-1-3-7-11)10-16-14(18)12-8-4-5-9-15-12/h1-3,6-7,12-13,15,17H,4-5,8-10H2,(H,16,18)/t12-,13?/m1/s1. The molecule has 0 radical (unpaired) electrons. The van der Waals surface area contributed by atoms with E-state index in [9.17, 15) is 9.90 Å². The van der Waals surface area contributed by atoms with Crippen LogP contribution in [0.1, 0.15) is 30.9 Å². The fraction of sp³-hybridized carbons (Fsp3) is 0.500. The molecule has 2 atom stereocenters. The molecule has 0 saturated carbocycles. The molecule has 0 aliphatic carbocycles. The number of hydrogen-bond donors (Lipinski definition) is 3. The van der Waals surface area contributed by atoms with Crippen molar-refractivity contribution in [1.29, 1.82) is 0 Å². The Labute approximate surface area is 107 Å². The van der Waals surface area contributed by atoms with Crippen LogP contribution in [0.3, 0.4) is 0 Å². The summed E-state index contributed by atoms with van der Waals surface area (Å²) in [5.74, 6) is -0.00955. The minimum atomic E-state index is -0.640. The third-order valence-electron chi connectivity index (χ3n) is 3.28. The highest BCUT2D eigenvalue weighted by atomic mass is 16.3. The van der Waals surface area contributed by atoms with Gasteiger partial charge in [0.05, 0.1) is 12.1 Å². The van der Waals surface area contributed by atoms with E-state index in [2.05, 4.69) is 10.6 Å². The van der Waals surface area contributed by atoms with Crippen LogP contribution in [0.2, 0.25) is 0 Å². The number of benzene rings is 1. The Morgan fingerprint density at radius 2 is 2.17 bits per heavy atom. The molecular formula is C14H20N2O2. The van der Waals surface area contributed by atoms with Gasteiger partial charge in [0.1, 0.15) is 0 Å². The van der Waals surface area contributed by atoms with Gasteiger partial charge in [0.25, 0.3) is 0 Å². The average molecular weight is 248 g/mol. The van der Waals surface area contributed by atoms with Gasteiger partial charge >= 0.3 is 0 Å². The normalized spacial score (nSPS) is 21.3. The van der Waals surface area contributed by atoms with Gasteiger partial charge in [-0.05, 0) is 24.9 Å². The van der Waals surface area contributed by atoms with E-state index in [0.717, 1.165) is 31.4 Å². The number of piperidine rings is 1. The smallest absolute Gasteiger partial charge is 0.237 e. The Hall–Kier alpha value is -1.39. The highest BCUT2D eigenvalue weighted by Crippen LogP contribution is 2.11. The van der Waals surface area contributed by atoms with Gasteiger partial charge in [0.2, 0.25) is 5.91 Å². The fourth-order valence-electron chi connectivity index (χ4n) is 2.19. The molecule has 1 saturated heterocycles. The molecule has 1 fully saturated rings. The van der Waals surface area contributed by atoms with E-state index in [4.69, 9.17) is 0 Å². The average Bonchev–Trinajstić information content (AvgIpc) is 2.46. The second-order valence-corrected chi connectivity index (χ2v) is 4.67. The Morgan fingerprint density at radius 3 is 2.83 bits per heavy atom. The van der Waals surface area contributed by atoms with E-state index < -0.39 is 6.10 Å². The van der Waals surface area contributed by atoms with Gasteiger partial charge in [0.15, 0.2) is 0 Å². The monoisotopic (exact) mass is 248 g/mol. The molecule has 1 aliphatic rings. The lowest BCUT2D eigenvalue weighted by atomic mass is 10.0. The summed E-state index contributed by atoms with van der Waals surface area (Å²) in [6, 6.07) is 9.28. The first kappa shape index (κ1) is 13.1. The van der Waals surface area contributed by atoms with Crippen LogP contribution in [0.5, 0.6) is 0 Å². The third kappa shape index (κ3) is 3.55. The third-order valence-corrected chi connectivity index (χ3v) is 3.28. The Morgan fingerprint density at radius 1 is 1.39 bits per heavy atom. The molecule has 4 nitrogen and oxygen atoms in total. The topological polar surface area (TPSA) is 61.4 Å². The second-order valence-electron chi connectivity index (χ2n) is 4.67. The van der Waals surface area contributed by atoms with E-state index in [1.165, 1.54) is 0 Å². The van der Waals surface area contributed by atoms with Gasteiger partial charge in [-0.2, -0.15) is 0 Å². The lowest BCUT2D eigenvalue weighted by Gasteiger charge is -2.23. The number of carbonyl (C=O) groups is 1. The van der Waals surface area contributed by atoms with Crippen molar-refractivity contribution in [2.45, 2.75) is 31.4 Å². The van der Waals surface area contributed by atoms with Crippen LogP contribution in [0.15, 0.2) is 30.3 Å². The number of nitrogens with one attached hydrogen (secondary N) is 2. The van der Waals surface area contributed by atoms with E-state index >= 15 is 0 Å². The van der Waals surface area contributed by atoms with Crippen LogP contribution in [-0.4, -0.2) is 30.1 Å². The predicted octanol–water partition coefficient (Wildman–Crippen LogP) is 0.978. The van der Waals surface area contributed by atoms with Gasteiger partial charge < -0.3 is 15.7 Å². The van der Waals surface area contributed by atoms with Crippen LogP contribution in [0, 0.1) is 0 Å². The Balaban J connectivity index is 1.78. The fourth-order valence-corrected chi connectivity index (χ4v) is 2.19. The van der Waals surface area contributed by atoms with Crippen LogP contribution >= 0.6 is 0 Å². The van der Waals surface area contributed by atoms with Crippen LogP contribution < -0.4 is 10.6 Å². The predicted molar refractivity (Wildman–Crippen MR) is 70.1 cm³/mol. The molecule has 1 unspecified atom stereocenters. The molecule has 3 N–H and O–H groups in total. The lowest BCUT2D eigenvalue weighted by Crippen LogP contribution is -2.47. The van der Waals surface area contributed by atoms with E-state index in [-0.39, 0.29) is 18.5 Å². The highest BCUT2D eigenvalue weighted by Gasteiger charge is 2.20. The van der Waals surface area contributed by atoms with Gasteiger partial charge in [-0.3, -0.25) is 4.79 Å². The molecular weight excluding hydrogens is 228 g/mol. The summed E-state index contributed by atoms with van der Waals surface area (Å²) in [5, 5.41) is 15.9. The molecule has 1 heterocycles. The molecule has 1 aromatic rings. The van der Waals surface area contributed by atoms with Crippen molar-refractivity contribution in [2.75, 3.05) is 13.1 Å². The minimum absolute atomic E-state index is 0.00955. The molecule has 0 bridgehead atoms. The van der Waals surface area contributed by atoms with Crippen molar-refractivity contribution in [3.8, 4) is 0 Å². The number of carbonyl (C=O) groups excluding carboxylic acids is 1. The molecule has 1 amide bonds. The second kappa shape index (κ2) is 6.52. The molecule has 2 rings (SSSR count). The summed E-state index contributed by atoms with van der Waals surface area (Å²) >= 11 is 0. The molecule has 1 aliphatic heterocycles. The number of rotatable bonds is 4. The molecule has 4 heteroatoms. The zero-order valence-corrected chi connectivity index (χ0v) is 10.4. The Kier molecular flexibility index (Phi) is 4.73. The van der Waals surface area contributed by atoms with Crippen molar-refractivity contribution < 1.29 is 9.90 Å². The minimum Gasteiger partial charge on any atom is -0.387 e. The summed E-state index contributed by atoms with van der Waals surface area (Å²) < 4.78 is 0. The summed E-state index contributed by atoms with van der Waals surface area (Å²) in [4.78, 5) is 11.8. The van der Waals surface area contributed by atoms with E-state index in [1.54, 1.807) is 0 Å². The largest absolute Gasteiger partial charge is 0.387 e. The first-order valence-electron chi connectivity index (χ1n) is 6.51. The van der Waals surface area contributed by atoms with Crippen molar-refractivity contribution >= 4 is 5.91 Å². The SMILES string of the molecule is O=C(NCC(O)c1ccccc1)[C@H]1CCCCN1. The molecule has 18 heavy (non-hydrogen) atoms. The summed E-state index contributed by atoms with van der Waals surface area (Å²) in [7, 11) is 0. The van der Waals surface area contributed by atoms with Crippen molar-refractivity contribution in [3.63, 3.8) is 0 Å². The van der Waals surface area contributed by atoms with Gasteiger partial charge in [-0.15, -0.1) is 0 Å². The summed E-state index contributed by atoms with van der Waals surface area (Å²) in [5.41, 5.74) is 0.828. The number of aliphatic hydroxyl groups is 1. The molecule has 98 valence electrons. The number of hydrogen-bond acceptors (Lipinski definition) is 3. The maximum absolute atomic E-state index is 11.8. The van der Waals surface area contributed by atoms with Gasteiger partial charge in [-0.1, -0.05) is 36.8 Å². The number of amides is 1. The van der Waals surface area contributed by atoms with Crippen LogP contribution in [0.4, 0.5) is 0 Å². The van der Waals surface area contributed by atoms with Crippen molar-refractivity contribution in [3.05, 3.63) is 35.9 Å². The van der Waals surface area contributed by atoms with Crippen LogP contribution in [-0.2, 0) is 4.79 Å². The summed E-state index contributed by atoms with van der Waals surface area (Å²) in [6.07, 6.45) is 2.47. The number of aliphatic hydroxyl groups excluding tert-OH is 1. The van der Waals surface area contributed by atoms with Crippen molar-refractivity contribution in [1.82, 2.24) is 10.6 Å². The maximum atomic E-state index is 11.8. The van der Waals surface area contributed by atoms with Gasteiger partial charge in [0, 0.05) is 6.54 Å². The maximum Gasteiger partial charge on any atom is 0.237 e. The first-order valence-corrected chi connectivity index (χ1v) is 6.51. The zero-order valence-electron chi connectivity index (χ0n) is 10.4. The van der Waals surface area contributed by atoms with Crippen LogP contribution in [0.25, 0.3) is 0 Å². The van der Waals surface area contributed by atoms with E-state index in [1.807, 2.05) is 30.3 Å². The first-order chi connectivity index (χ1) is 8.77. The van der Waals surface area contributed by atoms with Crippen molar-refractivity contribution in [2.24, 2.45) is 0 Å². The summed E-state index contributed by atoms with van der Waals surface area (Å²) in [6.45, 7) is 1.17.